The first-order chi connectivity index (χ1) is 17.6. The molecule has 0 radical (unpaired) electrons. The first kappa shape index (κ1) is 22.5. The molecule has 3 aromatic rings. The van der Waals surface area contributed by atoms with E-state index in [-0.39, 0.29) is 12.8 Å². The number of carbonyl (C=O) groups excluding carboxylic acids is 1. The number of benzene rings is 3. The second kappa shape index (κ2) is 8.95. The minimum atomic E-state index is -0.559. The lowest BCUT2D eigenvalue weighted by atomic mass is 9.85. The molecule has 36 heavy (non-hydrogen) atoms. The van der Waals surface area contributed by atoms with Crippen LogP contribution in [0.1, 0.15) is 44.8 Å². The van der Waals surface area contributed by atoms with Gasteiger partial charge in [0, 0.05) is 17.7 Å². The molecule has 8 nitrogen and oxygen atoms in total. The predicted molar refractivity (Wildman–Crippen MR) is 130 cm³/mol. The average Bonchev–Trinajstić information content (AvgIpc) is 3.51. The van der Waals surface area contributed by atoms with Crippen molar-refractivity contribution in [2.24, 2.45) is 0 Å². The highest BCUT2D eigenvalue weighted by Gasteiger charge is 2.46. The maximum atomic E-state index is 13.1. The Morgan fingerprint density at radius 1 is 1.03 bits per heavy atom. The molecule has 0 aromatic heterocycles. The molecule has 0 fully saturated rings. The minimum Gasteiger partial charge on any atom is -0.493 e. The van der Waals surface area contributed by atoms with E-state index in [4.69, 9.17) is 28.4 Å². The number of likely N-dealkylation sites (N-methyl/N-ethyl adjacent to an activating group) is 1. The van der Waals surface area contributed by atoms with Crippen molar-refractivity contribution in [2.45, 2.75) is 25.2 Å². The van der Waals surface area contributed by atoms with Gasteiger partial charge in [0.05, 0.1) is 20.3 Å². The molecule has 0 amide bonds. The second-order valence-corrected chi connectivity index (χ2v) is 9.05. The van der Waals surface area contributed by atoms with E-state index in [2.05, 4.69) is 4.90 Å². The number of hydrogen-bond donors (Lipinski definition) is 0. The molecule has 6 rings (SSSR count). The average molecular weight is 490 g/mol. The fraction of sp³-hybridized carbons (Fsp3) is 0.321. The van der Waals surface area contributed by atoms with Gasteiger partial charge in [-0.25, -0.2) is 4.79 Å². The quantitative estimate of drug-likeness (QED) is 0.470. The molecule has 3 aliphatic heterocycles. The molecule has 0 aliphatic carbocycles. The summed E-state index contributed by atoms with van der Waals surface area (Å²) in [6.07, 6.45) is 0.246. The highest BCUT2D eigenvalue weighted by molar-refractivity contribution is 5.98. The van der Waals surface area contributed by atoms with E-state index in [9.17, 15) is 4.79 Å². The molecule has 8 heteroatoms. The van der Waals surface area contributed by atoms with Crippen molar-refractivity contribution in [3.8, 4) is 28.7 Å². The normalized spacial score (nSPS) is 19.9. The van der Waals surface area contributed by atoms with Crippen molar-refractivity contribution >= 4 is 5.97 Å². The van der Waals surface area contributed by atoms with Gasteiger partial charge in [0.1, 0.15) is 18.3 Å². The molecule has 0 spiro atoms. The minimum absolute atomic E-state index is 0.138. The van der Waals surface area contributed by atoms with E-state index >= 15 is 0 Å². The van der Waals surface area contributed by atoms with Gasteiger partial charge in [0.15, 0.2) is 23.0 Å². The van der Waals surface area contributed by atoms with Crippen LogP contribution in [0.3, 0.4) is 0 Å². The summed E-state index contributed by atoms with van der Waals surface area (Å²) in [7, 11) is 5.11. The highest BCUT2D eigenvalue weighted by atomic mass is 16.7. The topological polar surface area (TPSA) is 75.7 Å². The molecular formula is C28H27NO7. The number of hydrogen-bond acceptors (Lipinski definition) is 8. The maximum absolute atomic E-state index is 13.1. The molecule has 0 saturated carbocycles. The lowest BCUT2D eigenvalue weighted by Gasteiger charge is -2.38. The van der Waals surface area contributed by atoms with E-state index in [1.807, 2.05) is 55.6 Å². The molecule has 0 bridgehead atoms. The van der Waals surface area contributed by atoms with E-state index < -0.39 is 12.1 Å². The van der Waals surface area contributed by atoms with Crippen LogP contribution in [0.25, 0.3) is 0 Å². The number of nitrogens with zero attached hydrogens (tertiary/aromatic N) is 1. The van der Waals surface area contributed by atoms with Gasteiger partial charge in [0.2, 0.25) is 12.5 Å². The summed E-state index contributed by atoms with van der Waals surface area (Å²) in [6, 6.07) is 15.4. The van der Waals surface area contributed by atoms with Crippen LogP contribution in [0.5, 0.6) is 28.7 Å². The Morgan fingerprint density at radius 2 is 1.86 bits per heavy atom. The molecular weight excluding hydrogens is 462 g/mol. The number of rotatable bonds is 6. The lowest BCUT2D eigenvalue weighted by Crippen LogP contribution is -2.36. The third kappa shape index (κ3) is 3.52. The Labute approximate surface area is 209 Å². The summed E-state index contributed by atoms with van der Waals surface area (Å²) in [4.78, 5) is 15.3. The number of carbonyl (C=O) groups is 1. The molecule has 186 valence electrons. The second-order valence-electron chi connectivity index (χ2n) is 9.05. The van der Waals surface area contributed by atoms with Crippen molar-refractivity contribution in [3.63, 3.8) is 0 Å². The van der Waals surface area contributed by atoms with E-state index in [0.717, 1.165) is 35.2 Å². The first-order valence-corrected chi connectivity index (χ1v) is 11.9. The number of ether oxygens (including phenoxy) is 6. The lowest BCUT2D eigenvalue weighted by molar-refractivity contribution is 0.00853. The van der Waals surface area contributed by atoms with E-state index in [0.29, 0.717) is 40.9 Å². The van der Waals surface area contributed by atoms with Crippen molar-refractivity contribution in [1.29, 1.82) is 0 Å². The van der Waals surface area contributed by atoms with E-state index in [1.165, 1.54) is 7.11 Å². The van der Waals surface area contributed by atoms with Gasteiger partial charge in [-0.15, -0.1) is 0 Å². The van der Waals surface area contributed by atoms with Gasteiger partial charge in [-0.3, -0.25) is 4.90 Å². The van der Waals surface area contributed by atoms with Crippen LogP contribution in [0.4, 0.5) is 0 Å². The van der Waals surface area contributed by atoms with Crippen LogP contribution < -0.4 is 23.7 Å². The molecule has 0 N–H and O–H groups in total. The molecule has 3 heterocycles. The summed E-state index contributed by atoms with van der Waals surface area (Å²) >= 11 is 0. The van der Waals surface area contributed by atoms with Crippen LogP contribution in [0.15, 0.2) is 48.5 Å². The Bertz CT molecular complexity index is 1320. The highest BCUT2D eigenvalue weighted by Crippen LogP contribution is 2.55. The van der Waals surface area contributed by atoms with Gasteiger partial charge >= 0.3 is 5.97 Å². The van der Waals surface area contributed by atoms with E-state index in [1.54, 1.807) is 7.11 Å². The van der Waals surface area contributed by atoms with Crippen LogP contribution in [-0.2, 0) is 17.8 Å². The van der Waals surface area contributed by atoms with Crippen LogP contribution in [0.2, 0.25) is 0 Å². The number of cyclic esters (lactones) is 1. The number of esters is 1. The van der Waals surface area contributed by atoms with Gasteiger partial charge in [-0.05, 0) is 36.7 Å². The third-order valence-corrected chi connectivity index (χ3v) is 7.08. The molecule has 2 unspecified atom stereocenters. The number of fused-ring (bicyclic) bond motifs is 3. The summed E-state index contributed by atoms with van der Waals surface area (Å²) in [5.74, 6) is 2.33. The Kier molecular flexibility index (Phi) is 5.60. The molecule has 0 saturated heterocycles. The van der Waals surface area contributed by atoms with Gasteiger partial charge in [0.25, 0.3) is 0 Å². The van der Waals surface area contributed by atoms with Crippen LogP contribution in [0, 0.1) is 0 Å². The standard InChI is InChI=1S/C28H27NO7/c1-29-12-11-17-13-20-26(35-15-34-20)27(33-14-16-7-5-4-6-8-16)21(17)23(29)24-18-9-10-19(31-2)25(32-3)22(18)28(30)36-24/h4-10,13,23-24H,11-12,14-15H2,1-3H3. The monoisotopic (exact) mass is 489 g/mol. The SMILES string of the molecule is COc1ccc2c(c1OC)C(=O)OC2C1c2c(cc3c(c2OCc2ccccc2)OCO3)CCN1C. The summed E-state index contributed by atoms with van der Waals surface area (Å²) in [6.45, 7) is 1.29. The fourth-order valence-corrected chi connectivity index (χ4v) is 5.38. The van der Waals surface area contributed by atoms with Crippen molar-refractivity contribution < 1.29 is 33.2 Å². The first-order valence-electron chi connectivity index (χ1n) is 11.9. The molecule has 2 atom stereocenters. The third-order valence-electron chi connectivity index (χ3n) is 7.08. The van der Waals surface area contributed by atoms with Gasteiger partial charge in [-0.2, -0.15) is 0 Å². The van der Waals surface area contributed by atoms with Crippen LogP contribution in [-0.4, -0.2) is 45.5 Å². The Hall–Kier alpha value is -3.91. The number of methoxy groups -OCH3 is 2. The van der Waals surface area contributed by atoms with Crippen molar-refractivity contribution in [1.82, 2.24) is 4.90 Å². The van der Waals surface area contributed by atoms with Gasteiger partial charge < -0.3 is 28.4 Å². The van der Waals surface area contributed by atoms with Crippen molar-refractivity contribution in [3.05, 3.63) is 76.3 Å². The van der Waals surface area contributed by atoms with Gasteiger partial charge in [-0.1, -0.05) is 36.4 Å². The summed E-state index contributed by atoms with van der Waals surface area (Å²) < 4.78 is 35.1. The Morgan fingerprint density at radius 3 is 2.64 bits per heavy atom. The summed E-state index contributed by atoms with van der Waals surface area (Å²) in [5, 5.41) is 0. The largest absolute Gasteiger partial charge is 0.493 e. The van der Waals surface area contributed by atoms with Crippen LogP contribution >= 0.6 is 0 Å². The summed E-state index contributed by atoms with van der Waals surface area (Å²) in [5.41, 5.74) is 4.24. The zero-order valence-corrected chi connectivity index (χ0v) is 20.4. The predicted octanol–water partition coefficient (Wildman–Crippen LogP) is 4.45. The van der Waals surface area contributed by atoms with Crippen molar-refractivity contribution in [2.75, 3.05) is 34.6 Å². The fourth-order valence-electron chi connectivity index (χ4n) is 5.38. The maximum Gasteiger partial charge on any atom is 0.343 e. The molecule has 3 aromatic carbocycles. The zero-order chi connectivity index (χ0) is 24.8. The zero-order valence-electron chi connectivity index (χ0n) is 20.4. The molecule has 3 aliphatic rings. The Balaban J connectivity index is 1.48. The smallest absolute Gasteiger partial charge is 0.343 e.